The number of aliphatic hydroxyl groups is 1. The fourth-order valence-corrected chi connectivity index (χ4v) is 1.83. The van der Waals surface area contributed by atoms with Gasteiger partial charge in [0, 0.05) is 0 Å². The van der Waals surface area contributed by atoms with Crippen LogP contribution in [0.25, 0.3) is 0 Å². The fraction of sp³-hybridized carbons (Fsp3) is 0.727. The average Bonchev–Trinajstić information content (AvgIpc) is 2.95. The zero-order chi connectivity index (χ0) is 11.9. The lowest BCUT2D eigenvalue weighted by Gasteiger charge is -2.16. The molecule has 4 atom stereocenters. The number of epoxide rings is 1. The van der Waals surface area contributed by atoms with Crippen LogP contribution >= 0.6 is 0 Å². The Bertz CT molecular complexity index is 346. The molecule has 88 valence electrons. The molecule has 0 unspecified atom stereocenters. The lowest BCUT2D eigenvalue weighted by atomic mass is 10.1. The summed E-state index contributed by atoms with van der Waals surface area (Å²) in [7, 11) is 0. The predicted octanol–water partition coefficient (Wildman–Crippen LogP) is 0.346. The summed E-state index contributed by atoms with van der Waals surface area (Å²) in [5.41, 5.74) is 0.116. The topological polar surface area (TPSA) is 75.0 Å². The van der Waals surface area contributed by atoms with E-state index in [0.29, 0.717) is 6.61 Å². The van der Waals surface area contributed by atoms with Crippen LogP contribution in [-0.4, -0.2) is 41.9 Å². The molecule has 0 spiro atoms. The highest BCUT2D eigenvalue weighted by Crippen LogP contribution is 2.37. The summed E-state index contributed by atoms with van der Waals surface area (Å²) < 4.78 is 16.3. The van der Waals surface area contributed by atoms with Gasteiger partial charge in [0.2, 0.25) is 0 Å². The summed E-state index contributed by atoms with van der Waals surface area (Å²) >= 11 is 0. The van der Waals surface area contributed by atoms with Gasteiger partial charge in [0.1, 0.15) is 24.4 Å². The van der Waals surface area contributed by atoms with Crippen LogP contribution in [0, 0.1) is 11.3 Å². The van der Waals surface area contributed by atoms with Gasteiger partial charge in [-0.1, -0.05) is 6.58 Å². The van der Waals surface area contributed by atoms with Gasteiger partial charge in [-0.15, -0.1) is 0 Å². The molecule has 2 rings (SSSR count). The number of ether oxygens (including phenoxy) is 3. The van der Waals surface area contributed by atoms with E-state index in [1.807, 2.05) is 19.9 Å². The second-order valence-corrected chi connectivity index (χ2v) is 4.51. The Balaban J connectivity index is 1.89. The number of nitriles is 1. The van der Waals surface area contributed by atoms with E-state index in [2.05, 4.69) is 6.58 Å². The first-order valence-electron chi connectivity index (χ1n) is 5.19. The van der Waals surface area contributed by atoms with Crippen molar-refractivity contribution in [2.75, 3.05) is 6.61 Å². The average molecular weight is 225 g/mol. The maximum Gasteiger partial charge on any atom is 0.163 e. The normalized spacial score (nSPS) is 37.8. The summed E-state index contributed by atoms with van der Waals surface area (Å²) in [6.45, 7) is 7.56. The van der Waals surface area contributed by atoms with Gasteiger partial charge in [-0.05, 0) is 13.8 Å². The zero-order valence-corrected chi connectivity index (χ0v) is 9.34. The molecule has 0 amide bonds. The fourth-order valence-electron chi connectivity index (χ4n) is 1.83. The molecule has 0 saturated carbocycles. The molecule has 0 aliphatic carbocycles. The van der Waals surface area contributed by atoms with Gasteiger partial charge in [-0.25, -0.2) is 0 Å². The Hall–Kier alpha value is -0.930. The minimum absolute atomic E-state index is 0.116. The summed E-state index contributed by atoms with van der Waals surface area (Å²) in [5, 5.41) is 18.3. The minimum atomic E-state index is -0.942. The van der Waals surface area contributed by atoms with Crippen molar-refractivity contribution in [3.8, 4) is 6.07 Å². The molecule has 0 aromatic heterocycles. The number of hydrogen-bond donors (Lipinski definition) is 1. The van der Waals surface area contributed by atoms with E-state index in [4.69, 9.17) is 19.5 Å². The van der Waals surface area contributed by atoms with E-state index in [1.165, 1.54) is 0 Å². The van der Waals surface area contributed by atoms with Gasteiger partial charge in [-0.2, -0.15) is 5.26 Å². The smallest absolute Gasteiger partial charge is 0.163 e. The van der Waals surface area contributed by atoms with Crippen LogP contribution in [0.15, 0.2) is 12.2 Å². The van der Waals surface area contributed by atoms with E-state index in [0.717, 1.165) is 0 Å². The highest BCUT2D eigenvalue weighted by atomic mass is 16.8. The Labute approximate surface area is 94.2 Å². The molecule has 5 heteroatoms. The molecule has 0 bridgehead atoms. The number of rotatable bonds is 3. The van der Waals surface area contributed by atoms with Crippen LogP contribution in [0.1, 0.15) is 13.8 Å². The molecule has 2 heterocycles. The molecule has 0 radical (unpaired) electrons. The maximum absolute atomic E-state index is 9.67. The van der Waals surface area contributed by atoms with Crippen LogP contribution in [0.2, 0.25) is 0 Å². The van der Waals surface area contributed by atoms with Crippen molar-refractivity contribution in [1.82, 2.24) is 0 Å². The van der Waals surface area contributed by atoms with E-state index in [-0.39, 0.29) is 17.8 Å². The van der Waals surface area contributed by atoms with Gasteiger partial charge >= 0.3 is 0 Å². The Morgan fingerprint density at radius 1 is 1.62 bits per heavy atom. The van der Waals surface area contributed by atoms with Crippen LogP contribution in [-0.2, 0) is 14.2 Å². The van der Waals surface area contributed by atoms with Crippen molar-refractivity contribution in [1.29, 1.82) is 5.26 Å². The molecule has 2 aliphatic rings. The molecule has 0 aromatic rings. The summed E-state index contributed by atoms with van der Waals surface area (Å²) in [5.74, 6) is -0.599. The summed E-state index contributed by atoms with van der Waals surface area (Å²) in [6.07, 6.45) is -1.72. The minimum Gasteiger partial charge on any atom is -0.385 e. The Morgan fingerprint density at radius 2 is 2.31 bits per heavy atom. The quantitative estimate of drug-likeness (QED) is 0.554. The van der Waals surface area contributed by atoms with Crippen molar-refractivity contribution in [3.63, 3.8) is 0 Å². The van der Waals surface area contributed by atoms with Crippen molar-refractivity contribution >= 4 is 0 Å². The van der Waals surface area contributed by atoms with Gasteiger partial charge in [0.25, 0.3) is 0 Å². The lowest BCUT2D eigenvalue weighted by molar-refractivity contribution is -0.140. The summed E-state index contributed by atoms with van der Waals surface area (Å²) in [4.78, 5) is 0. The van der Waals surface area contributed by atoms with Crippen molar-refractivity contribution in [2.45, 2.75) is 44.1 Å². The van der Waals surface area contributed by atoms with Crippen molar-refractivity contribution < 1.29 is 19.3 Å². The largest absolute Gasteiger partial charge is 0.385 e. The Morgan fingerprint density at radius 3 is 2.81 bits per heavy atom. The van der Waals surface area contributed by atoms with E-state index < -0.39 is 18.0 Å². The van der Waals surface area contributed by atoms with E-state index in [1.54, 1.807) is 0 Å². The Kier molecular flexibility index (Phi) is 2.76. The first-order valence-corrected chi connectivity index (χ1v) is 5.19. The van der Waals surface area contributed by atoms with Crippen LogP contribution in [0.3, 0.4) is 0 Å². The van der Waals surface area contributed by atoms with E-state index in [9.17, 15) is 5.11 Å². The number of nitrogens with zero attached hydrogens (tertiary/aromatic N) is 1. The summed E-state index contributed by atoms with van der Waals surface area (Å²) in [6, 6.07) is 1.82. The van der Waals surface area contributed by atoms with Crippen LogP contribution < -0.4 is 0 Å². The van der Waals surface area contributed by atoms with Gasteiger partial charge in [0.05, 0.1) is 18.2 Å². The number of aliphatic hydroxyl groups excluding tert-OH is 1. The molecular formula is C11H15NO4. The molecule has 16 heavy (non-hydrogen) atoms. The maximum atomic E-state index is 9.67. The second-order valence-electron chi connectivity index (χ2n) is 4.51. The monoisotopic (exact) mass is 225 g/mol. The second kappa shape index (κ2) is 3.82. The van der Waals surface area contributed by atoms with E-state index >= 15 is 0 Å². The van der Waals surface area contributed by atoms with Crippen molar-refractivity contribution in [2.24, 2.45) is 0 Å². The van der Waals surface area contributed by atoms with Gasteiger partial charge in [0.15, 0.2) is 5.79 Å². The standard InChI is InChI=1S/C11H15NO4/c1-6(4-12)8(13)10-9(15-10)7-5-14-11(2,3)16-7/h7-10,13H,1,5H2,2-3H3/t7-,8+,9+,10+/m1/s1. The molecule has 1 N–H and O–H groups in total. The molecule has 0 aromatic carbocycles. The highest BCUT2D eigenvalue weighted by Gasteiger charge is 2.54. The first-order chi connectivity index (χ1) is 7.44. The SMILES string of the molecule is C=C(C#N)[C@H](O)[C@@H]1O[C@H]1[C@H]1COC(C)(C)O1. The zero-order valence-electron chi connectivity index (χ0n) is 9.34. The third kappa shape index (κ3) is 2.11. The third-order valence-corrected chi connectivity index (χ3v) is 2.77. The first kappa shape index (κ1) is 11.6. The van der Waals surface area contributed by atoms with Gasteiger partial charge < -0.3 is 19.3 Å². The molecule has 5 nitrogen and oxygen atoms in total. The third-order valence-electron chi connectivity index (χ3n) is 2.77. The van der Waals surface area contributed by atoms with Gasteiger partial charge in [-0.3, -0.25) is 0 Å². The molecular weight excluding hydrogens is 210 g/mol. The van der Waals surface area contributed by atoms with Crippen LogP contribution in [0.4, 0.5) is 0 Å². The molecule has 2 fully saturated rings. The number of hydrogen-bond acceptors (Lipinski definition) is 5. The predicted molar refractivity (Wildman–Crippen MR) is 54.3 cm³/mol. The molecule has 2 saturated heterocycles. The van der Waals surface area contributed by atoms with Crippen molar-refractivity contribution in [3.05, 3.63) is 12.2 Å². The molecule has 2 aliphatic heterocycles. The van der Waals surface area contributed by atoms with Crippen LogP contribution in [0.5, 0.6) is 0 Å². The lowest BCUT2D eigenvalue weighted by Crippen LogP contribution is -2.28. The highest BCUT2D eigenvalue weighted by molar-refractivity contribution is 5.25.